The number of aliphatic carboxylic acids is 1. The van der Waals surface area contributed by atoms with Crippen LogP contribution < -0.4 is 11.1 Å². The van der Waals surface area contributed by atoms with Gasteiger partial charge in [-0.25, -0.2) is 4.79 Å². The number of hydrogen-bond acceptors (Lipinski definition) is 4. The quantitative estimate of drug-likeness (QED) is 0.690. The van der Waals surface area contributed by atoms with Gasteiger partial charge in [0.05, 0.1) is 5.69 Å². The van der Waals surface area contributed by atoms with Crippen LogP contribution in [0.15, 0.2) is 24.4 Å². The standard InChI is InChI=1S/C16H21N3O4/c1-16(2,3)23-15(22)19-12-6-4-5-11-13(12)9(8-18-11)7-10(17)14(20)21/h4-6,8,10,18H,7,17H2,1-3H3,(H,19,22)(H,20,21)/t10-/m0/s1. The molecule has 0 fully saturated rings. The third-order valence-electron chi connectivity index (χ3n) is 3.18. The third kappa shape index (κ3) is 4.23. The lowest BCUT2D eigenvalue weighted by atomic mass is 10.0. The van der Waals surface area contributed by atoms with Crippen LogP contribution in [0.3, 0.4) is 0 Å². The Bertz CT molecular complexity index is 730. The lowest BCUT2D eigenvalue weighted by molar-refractivity contribution is -0.138. The largest absolute Gasteiger partial charge is 0.480 e. The zero-order chi connectivity index (χ0) is 17.2. The number of nitrogens with one attached hydrogen (secondary N) is 2. The van der Waals surface area contributed by atoms with E-state index in [0.717, 1.165) is 16.5 Å². The molecule has 1 atom stereocenters. The first kappa shape index (κ1) is 16.8. The van der Waals surface area contributed by atoms with Gasteiger partial charge in [-0.15, -0.1) is 0 Å². The molecule has 0 saturated heterocycles. The Morgan fingerprint density at radius 2 is 2.09 bits per heavy atom. The molecule has 7 nitrogen and oxygen atoms in total. The molecular formula is C16H21N3O4. The van der Waals surface area contributed by atoms with Crippen LogP contribution in [0.4, 0.5) is 10.5 Å². The van der Waals surface area contributed by atoms with Gasteiger partial charge in [-0.05, 0) is 38.5 Å². The van der Waals surface area contributed by atoms with Crippen LogP contribution in [0.25, 0.3) is 10.9 Å². The predicted molar refractivity (Wildman–Crippen MR) is 87.5 cm³/mol. The van der Waals surface area contributed by atoms with E-state index in [-0.39, 0.29) is 6.42 Å². The number of carboxylic acids is 1. The Morgan fingerprint density at radius 1 is 1.39 bits per heavy atom. The second-order valence-corrected chi connectivity index (χ2v) is 6.32. The molecule has 0 radical (unpaired) electrons. The Hall–Kier alpha value is -2.54. The number of nitrogens with two attached hydrogens (primary N) is 1. The molecule has 2 aromatic rings. The van der Waals surface area contributed by atoms with E-state index >= 15 is 0 Å². The van der Waals surface area contributed by atoms with Crippen molar-refractivity contribution in [2.24, 2.45) is 5.73 Å². The maximum Gasteiger partial charge on any atom is 0.412 e. The normalized spacial score (nSPS) is 12.9. The van der Waals surface area contributed by atoms with Gasteiger partial charge in [0.2, 0.25) is 0 Å². The molecule has 0 aliphatic carbocycles. The fourth-order valence-corrected chi connectivity index (χ4v) is 2.26. The summed E-state index contributed by atoms with van der Waals surface area (Å²) in [6, 6.07) is 4.34. The SMILES string of the molecule is CC(C)(C)OC(=O)Nc1cccc2[nH]cc(C[C@H](N)C(=O)O)c12. The molecule has 0 saturated carbocycles. The zero-order valence-electron chi connectivity index (χ0n) is 13.3. The van der Waals surface area contributed by atoms with Gasteiger partial charge in [-0.3, -0.25) is 10.1 Å². The highest BCUT2D eigenvalue weighted by molar-refractivity contribution is 6.01. The highest BCUT2D eigenvalue weighted by atomic mass is 16.6. The summed E-state index contributed by atoms with van der Waals surface area (Å²) in [5.41, 5.74) is 7.06. The lowest BCUT2D eigenvalue weighted by Gasteiger charge is -2.20. The van der Waals surface area contributed by atoms with Gasteiger partial charge in [0.1, 0.15) is 11.6 Å². The molecule has 1 aromatic carbocycles. The van der Waals surface area contributed by atoms with E-state index in [1.807, 2.05) is 6.07 Å². The van der Waals surface area contributed by atoms with Crippen LogP contribution >= 0.6 is 0 Å². The summed E-state index contributed by atoms with van der Waals surface area (Å²) in [7, 11) is 0. The summed E-state index contributed by atoms with van der Waals surface area (Å²) >= 11 is 0. The number of aromatic nitrogens is 1. The topological polar surface area (TPSA) is 117 Å². The molecule has 0 aliphatic rings. The molecule has 124 valence electrons. The summed E-state index contributed by atoms with van der Waals surface area (Å²) in [6.45, 7) is 5.34. The third-order valence-corrected chi connectivity index (χ3v) is 3.18. The Morgan fingerprint density at radius 3 is 2.70 bits per heavy atom. The summed E-state index contributed by atoms with van der Waals surface area (Å²) in [6.07, 6.45) is 1.29. The van der Waals surface area contributed by atoms with Crippen molar-refractivity contribution >= 4 is 28.7 Å². The zero-order valence-corrected chi connectivity index (χ0v) is 13.3. The number of ether oxygens (including phenoxy) is 1. The molecule has 0 spiro atoms. The van der Waals surface area contributed by atoms with E-state index in [1.54, 1.807) is 39.1 Å². The van der Waals surface area contributed by atoms with Crippen LogP contribution in [-0.2, 0) is 16.0 Å². The minimum atomic E-state index is -1.07. The smallest absolute Gasteiger partial charge is 0.412 e. The molecule has 7 heteroatoms. The van der Waals surface area contributed by atoms with Gasteiger partial charge in [-0.1, -0.05) is 6.07 Å². The second kappa shape index (κ2) is 6.29. The molecule has 5 N–H and O–H groups in total. The van der Waals surface area contributed by atoms with E-state index in [4.69, 9.17) is 15.6 Å². The first-order chi connectivity index (χ1) is 10.7. The van der Waals surface area contributed by atoms with E-state index in [0.29, 0.717) is 5.69 Å². The summed E-state index contributed by atoms with van der Waals surface area (Å²) in [4.78, 5) is 26.0. The van der Waals surface area contributed by atoms with Crippen molar-refractivity contribution in [3.63, 3.8) is 0 Å². The van der Waals surface area contributed by atoms with E-state index in [1.165, 1.54) is 0 Å². The number of carboxylic acid groups (broad SMARTS) is 1. The minimum Gasteiger partial charge on any atom is -0.480 e. The van der Waals surface area contributed by atoms with Crippen molar-refractivity contribution in [2.45, 2.75) is 38.8 Å². The Kier molecular flexibility index (Phi) is 4.60. The van der Waals surface area contributed by atoms with E-state index < -0.39 is 23.7 Å². The van der Waals surface area contributed by atoms with Gasteiger partial charge in [0, 0.05) is 23.5 Å². The van der Waals surface area contributed by atoms with Gasteiger partial charge >= 0.3 is 12.1 Å². The average molecular weight is 319 g/mol. The number of anilines is 1. The van der Waals surface area contributed by atoms with Gasteiger partial charge in [0.15, 0.2) is 0 Å². The molecule has 1 aromatic heterocycles. The monoisotopic (exact) mass is 319 g/mol. The average Bonchev–Trinajstić information content (AvgIpc) is 2.80. The van der Waals surface area contributed by atoms with Crippen molar-refractivity contribution in [1.29, 1.82) is 0 Å². The fourth-order valence-electron chi connectivity index (χ4n) is 2.26. The summed E-state index contributed by atoms with van der Waals surface area (Å²) in [5.74, 6) is -1.07. The van der Waals surface area contributed by atoms with Crippen LogP contribution in [-0.4, -0.2) is 33.8 Å². The number of hydrogen-bond donors (Lipinski definition) is 4. The Labute approximate surface area is 133 Å². The molecule has 0 aliphatic heterocycles. The van der Waals surface area contributed by atoms with Crippen molar-refractivity contribution < 1.29 is 19.4 Å². The van der Waals surface area contributed by atoms with Gasteiger partial charge in [-0.2, -0.15) is 0 Å². The second-order valence-electron chi connectivity index (χ2n) is 6.32. The minimum absolute atomic E-state index is 0.155. The van der Waals surface area contributed by atoms with E-state index in [9.17, 15) is 9.59 Å². The van der Waals surface area contributed by atoms with Gasteiger partial charge in [0.25, 0.3) is 0 Å². The highest BCUT2D eigenvalue weighted by Crippen LogP contribution is 2.28. The van der Waals surface area contributed by atoms with Crippen LogP contribution in [0.2, 0.25) is 0 Å². The number of H-pyrrole nitrogens is 1. The van der Waals surface area contributed by atoms with Crippen LogP contribution in [0, 0.1) is 0 Å². The molecule has 1 amide bonds. The van der Waals surface area contributed by atoms with Crippen molar-refractivity contribution in [3.8, 4) is 0 Å². The molecule has 2 rings (SSSR count). The van der Waals surface area contributed by atoms with Gasteiger partial charge < -0.3 is 20.6 Å². The van der Waals surface area contributed by atoms with Crippen molar-refractivity contribution in [1.82, 2.24) is 4.98 Å². The molecule has 0 bridgehead atoms. The molecule has 0 unspecified atom stereocenters. The number of aromatic amines is 1. The number of benzene rings is 1. The maximum atomic E-state index is 12.0. The molecule has 23 heavy (non-hydrogen) atoms. The first-order valence-electron chi connectivity index (χ1n) is 7.25. The maximum absolute atomic E-state index is 12.0. The van der Waals surface area contributed by atoms with E-state index in [2.05, 4.69) is 10.3 Å². The van der Waals surface area contributed by atoms with Crippen LogP contribution in [0.5, 0.6) is 0 Å². The molecular weight excluding hydrogens is 298 g/mol. The lowest BCUT2D eigenvalue weighted by Crippen LogP contribution is -2.32. The predicted octanol–water partition coefficient (Wildman–Crippen LogP) is 2.47. The highest BCUT2D eigenvalue weighted by Gasteiger charge is 2.19. The van der Waals surface area contributed by atoms with Crippen molar-refractivity contribution in [3.05, 3.63) is 30.0 Å². The fraction of sp³-hybridized carbons (Fsp3) is 0.375. The van der Waals surface area contributed by atoms with Crippen molar-refractivity contribution in [2.75, 3.05) is 5.32 Å². The molecule has 1 heterocycles. The number of carbonyl (C=O) groups excluding carboxylic acids is 1. The van der Waals surface area contributed by atoms with Crippen LogP contribution in [0.1, 0.15) is 26.3 Å². The first-order valence-corrected chi connectivity index (χ1v) is 7.25. The summed E-state index contributed by atoms with van der Waals surface area (Å²) in [5, 5.41) is 12.4. The number of amides is 1. The number of carbonyl (C=O) groups is 2. The Balaban J connectivity index is 2.31. The number of fused-ring (bicyclic) bond motifs is 1. The number of rotatable bonds is 4. The summed E-state index contributed by atoms with van der Waals surface area (Å²) < 4.78 is 5.25.